The van der Waals surface area contributed by atoms with E-state index in [9.17, 15) is 4.79 Å². The van der Waals surface area contributed by atoms with Gasteiger partial charge in [-0.05, 0) is 53.2 Å². The summed E-state index contributed by atoms with van der Waals surface area (Å²) < 4.78 is 9.97. The van der Waals surface area contributed by atoms with E-state index in [2.05, 4.69) is 21.6 Å². The normalized spacial score (nSPS) is 10.7. The lowest BCUT2D eigenvalue weighted by Crippen LogP contribution is -2.23. The van der Waals surface area contributed by atoms with Crippen LogP contribution in [0.25, 0.3) is 11.4 Å². The molecule has 0 spiro atoms. The van der Waals surface area contributed by atoms with Crippen LogP contribution in [-0.2, 0) is 13.7 Å². The van der Waals surface area contributed by atoms with Crippen LogP contribution in [0.3, 0.4) is 0 Å². The lowest BCUT2D eigenvalue weighted by Gasteiger charge is -2.11. The fourth-order valence-corrected chi connectivity index (χ4v) is 2.90. The Morgan fingerprint density at radius 3 is 2.59 bits per heavy atom. The molecule has 0 fully saturated rings. The van der Waals surface area contributed by atoms with Crippen LogP contribution < -0.4 is 10.4 Å². The van der Waals surface area contributed by atoms with Crippen LogP contribution >= 0.6 is 0 Å². The molecule has 0 bridgehead atoms. The second-order valence-corrected chi connectivity index (χ2v) is 6.42. The lowest BCUT2D eigenvalue weighted by atomic mass is 10.1. The number of aryl methyl sites for hydroxylation is 2. The highest BCUT2D eigenvalue weighted by atomic mass is 16.5. The maximum Gasteiger partial charge on any atom is 0.368 e. The van der Waals surface area contributed by atoms with Gasteiger partial charge in [0.25, 0.3) is 0 Å². The number of rotatable bonds is 5. The molecule has 0 atom stereocenters. The molecular formula is C20H17N7O2. The Bertz CT molecular complexity index is 1260. The van der Waals surface area contributed by atoms with Crippen LogP contribution in [0, 0.1) is 18.3 Å². The van der Waals surface area contributed by atoms with Crippen molar-refractivity contribution in [1.29, 1.82) is 5.26 Å². The van der Waals surface area contributed by atoms with E-state index in [1.54, 1.807) is 42.2 Å². The molecule has 2 aromatic heterocycles. The fourth-order valence-electron chi connectivity index (χ4n) is 2.90. The Kier molecular flexibility index (Phi) is 4.66. The Hall–Kier alpha value is -4.19. The number of tetrazole rings is 1. The monoisotopic (exact) mass is 387 g/mol. The molecule has 9 nitrogen and oxygen atoms in total. The summed E-state index contributed by atoms with van der Waals surface area (Å²) in [5.74, 6) is 0.440. The van der Waals surface area contributed by atoms with Gasteiger partial charge in [0.15, 0.2) is 0 Å². The Morgan fingerprint density at radius 1 is 1.10 bits per heavy atom. The van der Waals surface area contributed by atoms with E-state index in [1.807, 2.05) is 31.2 Å². The molecule has 144 valence electrons. The average molecular weight is 387 g/mol. The SMILES string of the molecule is Cc1cccc(-n2nnn(C)c2=O)c1COc1ccn(-c2ccc(C#N)cc2)n1. The number of nitriles is 1. The molecule has 0 aliphatic rings. The van der Waals surface area contributed by atoms with Crippen LogP contribution in [0.2, 0.25) is 0 Å². The standard InChI is InChI=1S/C20H17N7O2/c1-14-4-3-5-18(27-20(28)25(2)23-24-27)17(14)13-29-19-10-11-26(22-19)16-8-6-15(12-21)7-9-16/h3-11H,13H2,1-2H3. The Morgan fingerprint density at radius 2 is 1.90 bits per heavy atom. The first kappa shape index (κ1) is 18.2. The van der Waals surface area contributed by atoms with Crippen molar-refractivity contribution in [2.45, 2.75) is 13.5 Å². The molecule has 0 saturated heterocycles. The van der Waals surface area contributed by atoms with Crippen LogP contribution in [-0.4, -0.2) is 29.6 Å². The van der Waals surface area contributed by atoms with Gasteiger partial charge in [-0.25, -0.2) is 9.48 Å². The van der Waals surface area contributed by atoms with Crippen LogP contribution in [0.1, 0.15) is 16.7 Å². The topological polar surface area (TPSA) is 104 Å². The smallest absolute Gasteiger partial charge is 0.368 e. The lowest BCUT2D eigenvalue weighted by molar-refractivity contribution is 0.290. The highest BCUT2D eigenvalue weighted by Crippen LogP contribution is 2.20. The number of aromatic nitrogens is 6. The van der Waals surface area contributed by atoms with Crippen LogP contribution in [0.15, 0.2) is 59.5 Å². The summed E-state index contributed by atoms with van der Waals surface area (Å²) in [4.78, 5) is 12.2. The second-order valence-electron chi connectivity index (χ2n) is 6.42. The van der Waals surface area contributed by atoms with Gasteiger partial charge in [-0.15, -0.1) is 5.10 Å². The maximum absolute atomic E-state index is 12.2. The predicted molar refractivity (Wildman–Crippen MR) is 104 cm³/mol. The molecule has 2 aromatic carbocycles. The summed E-state index contributed by atoms with van der Waals surface area (Å²) in [5, 5.41) is 21.0. The summed E-state index contributed by atoms with van der Waals surface area (Å²) in [7, 11) is 1.55. The van der Waals surface area contributed by atoms with Crippen molar-refractivity contribution in [1.82, 2.24) is 29.6 Å². The predicted octanol–water partition coefficient (Wildman–Crippen LogP) is 1.91. The van der Waals surface area contributed by atoms with E-state index in [0.29, 0.717) is 17.1 Å². The van der Waals surface area contributed by atoms with Gasteiger partial charge in [-0.3, -0.25) is 0 Å². The van der Waals surface area contributed by atoms with Gasteiger partial charge in [-0.2, -0.15) is 14.6 Å². The van der Waals surface area contributed by atoms with E-state index in [4.69, 9.17) is 10.00 Å². The number of hydrogen-bond donors (Lipinski definition) is 0. The molecule has 2 heterocycles. The zero-order valence-corrected chi connectivity index (χ0v) is 15.9. The Balaban J connectivity index is 1.57. The molecule has 4 aromatic rings. The summed E-state index contributed by atoms with van der Waals surface area (Å²) >= 11 is 0. The molecule has 0 aliphatic carbocycles. The zero-order chi connectivity index (χ0) is 20.4. The van der Waals surface area contributed by atoms with Crippen molar-refractivity contribution in [3.63, 3.8) is 0 Å². The van der Waals surface area contributed by atoms with Crippen molar-refractivity contribution in [3.05, 3.63) is 81.9 Å². The third-order valence-corrected chi connectivity index (χ3v) is 4.53. The second kappa shape index (κ2) is 7.44. The minimum absolute atomic E-state index is 0.218. The van der Waals surface area contributed by atoms with Gasteiger partial charge in [0.2, 0.25) is 5.88 Å². The first-order chi connectivity index (χ1) is 14.1. The van der Waals surface area contributed by atoms with E-state index in [0.717, 1.165) is 16.8 Å². The molecule has 29 heavy (non-hydrogen) atoms. The van der Waals surface area contributed by atoms with Crippen LogP contribution in [0.4, 0.5) is 0 Å². The number of nitrogens with zero attached hydrogens (tertiary/aromatic N) is 7. The molecule has 0 amide bonds. The van der Waals surface area contributed by atoms with E-state index < -0.39 is 0 Å². The van der Waals surface area contributed by atoms with Gasteiger partial charge >= 0.3 is 5.69 Å². The molecule has 0 radical (unpaired) electrons. The van der Waals surface area contributed by atoms with Gasteiger partial charge in [0.1, 0.15) is 6.61 Å². The van der Waals surface area contributed by atoms with Gasteiger partial charge < -0.3 is 4.74 Å². The molecule has 9 heteroatoms. The highest BCUT2D eigenvalue weighted by Gasteiger charge is 2.14. The Labute approximate surface area is 166 Å². The van der Waals surface area contributed by atoms with Crippen molar-refractivity contribution in [2.24, 2.45) is 7.05 Å². The van der Waals surface area contributed by atoms with Crippen molar-refractivity contribution in [2.75, 3.05) is 0 Å². The first-order valence-electron chi connectivity index (χ1n) is 8.83. The molecule has 0 N–H and O–H groups in total. The summed E-state index contributed by atoms with van der Waals surface area (Å²) in [5.41, 5.74) is 3.48. The summed E-state index contributed by atoms with van der Waals surface area (Å²) in [6.45, 7) is 2.16. The average Bonchev–Trinajstić information content (AvgIpc) is 3.34. The first-order valence-corrected chi connectivity index (χ1v) is 8.83. The molecular weight excluding hydrogens is 370 g/mol. The maximum atomic E-state index is 12.2. The molecule has 0 unspecified atom stereocenters. The van der Waals surface area contributed by atoms with Gasteiger partial charge in [0, 0.05) is 24.9 Å². The molecule has 0 saturated carbocycles. The fraction of sp³-hybridized carbons (Fsp3) is 0.150. The molecule has 4 rings (SSSR count). The summed E-state index contributed by atoms with van der Waals surface area (Å²) in [6, 6.07) is 16.5. The van der Waals surface area contributed by atoms with Crippen molar-refractivity contribution < 1.29 is 4.74 Å². The van der Waals surface area contributed by atoms with Gasteiger partial charge in [-0.1, -0.05) is 12.1 Å². The highest BCUT2D eigenvalue weighted by molar-refractivity contribution is 5.44. The van der Waals surface area contributed by atoms with Gasteiger partial charge in [0.05, 0.1) is 23.0 Å². The largest absolute Gasteiger partial charge is 0.472 e. The number of benzene rings is 2. The minimum Gasteiger partial charge on any atom is -0.472 e. The molecule has 0 aliphatic heterocycles. The van der Waals surface area contributed by atoms with Crippen molar-refractivity contribution >= 4 is 0 Å². The quantitative estimate of drug-likeness (QED) is 0.518. The third-order valence-electron chi connectivity index (χ3n) is 4.53. The van der Waals surface area contributed by atoms with E-state index in [-0.39, 0.29) is 12.3 Å². The van der Waals surface area contributed by atoms with E-state index >= 15 is 0 Å². The zero-order valence-electron chi connectivity index (χ0n) is 15.9. The number of hydrogen-bond acceptors (Lipinski definition) is 6. The van der Waals surface area contributed by atoms with Crippen LogP contribution in [0.5, 0.6) is 5.88 Å². The van der Waals surface area contributed by atoms with E-state index in [1.165, 1.54) is 9.36 Å². The van der Waals surface area contributed by atoms with Crippen molar-refractivity contribution in [3.8, 4) is 23.3 Å². The third kappa shape index (κ3) is 3.51. The minimum atomic E-state index is -0.332. The number of ether oxygens (including phenoxy) is 1. The summed E-state index contributed by atoms with van der Waals surface area (Å²) in [6.07, 6.45) is 1.78.